The molecule has 0 aromatic carbocycles. The van der Waals surface area contributed by atoms with Crippen molar-refractivity contribution in [3.63, 3.8) is 0 Å². The zero-order valence-corrected chi connectivity index (χ0v) is 16.1. The lowest BCUT2D eigenvalue weighted by Gasteiger charge is -2.30. The van der Waals surface area contributed by atoms with Gasteiger partial charge in [-0.15, -0.1) is 0 Å². The smallest absolute Gasteiger partial charge is 0.191 e. The van der Waals surface area contributed by atoms with E-state index in [0.29, 0.717) is 5.41 Å². The fraction of sp³-hybridized carbons (Fsp3) is 0.947. The lowest BCUT2D eigenvalue weighted by Crippen LogP contribution is -2.42. The molecule has 1 aliphatic heterocycles. The van der Waals surface area contributed by atoms with Crippen molar-refractivity contribution < 1.29 is 4.74 Å². The van der Waals surface area contributed by atoms with E-state index in [1.165, 1.54) is 51.6 Å². The first-order chi connectivity index (χ1) is 11.7. The first-order valence-corrected chi connectivity index (χ1v) is 9.87. The minimum absolute atomic E-state index is 0.367. The Labute approximate surface area is 148 Å². The highest BCUT2D eigenvalue weighted by Gasteiger charge is 2.33. The number of hydrogen-bond acceptors (Lipinski definition) is 3. The van der Waals surface area contributed by atoms with Crippen molar-refractivity contribution in [2.45, 2.75) is 51.9 Å². The molecule has 0 unspecified atom stereocenters. The SMILES string of the molecule is CCNC(=NCC1(CCOC)CCCC1)NCC1CCN(C)CC1. The van der Waals surface area contributed by atoms with Gasteiger partial charge in [0.1, 0.15) is 0 Å². The van der Waals surface area contributed by atoms with E-state index in [-0.39, 0.29) is 0 Å². The number of rotatable bonds is 8. The third-order valence-electron chi connectivity index (χ3n) is 5.81. The number of nitrogens with one attached hydrogen (secondary N) is 2. The van der Waals surface area contributed by atoms with Gasteiger partial charge in [0.25, 0.3) is 0 Å². The molecule has 2 fully saturated rings. The molecule has 1 saturated carbocycles. The lowest BCUT2D eigenvalue weighted by atomic mass is 9.83. The third-order valence-corrected chi connectivity index (χ3v) is 5.81. The van der Waals surface area contributed by atoms with Crippen molar-refractivity contribution in [2.24, 2.45) is 16.3 Å². The Hall–Kier alpha value is -0.810. The maximum atomic E-state index is 5.33. The van der Waals surface area contributed by atoms with Gasteiger partial charge in [-0.1, -0.05) is 12.8 Å². The van der Waals surface area contributed by atoms with Crippen LogP contribution in [0.4, 0.5) is 0 Å². The van der Waals surface area contributed by atoms with Gasteiger partial charge in [0.2, 0.25) is 0 Å². The van der Waals surface area contributed by atoms with Gasteiger partial charge in [0.15, 0.2) is 5.96 Å². The Morgan fingerprint density at radius 2 is 1.92 bits per heavy atom. The Balaban J connectivity index is 1.84. The topological polar surface area (TPSA) is 48.9 Å². The molecule has 0 atom stereocenters. The molecule has 1 heterocycles. The molecule has 0 amide bonds. The molecule has 24 heavy (non-hydrogen) atoms. The predicted molar refractivity (Wildman–Crippen MR) is 102 cm³/mol. The lowest BCUT2D eigenvalue weighted by molar-refractivity contribution is 0.141. The molecule has 1 saturated heterocycles. The Morgan fingerprint density at radius 1 is 1.21 bits per heavy atom. The summed E-state index contributed by atoms with van der Waals surface area (Å²) >= 11 is 0. The zero-order valence-electron chi connectivity index (χ0n) is 16.1. The quantitative estimate of drug-likeness (QED) is 0.527. The van der Waals surface area contributed by atoms with Crippen LogP contribution in [-0.2, 0) is 4.74 Å². The maximum Gasteiger partial charge on any atom is 0.191 e. The molecule has 2 aliphatic rings. The van der Waals surface area contributed by atoms with Crippen molar-refractivity contribution in [1.82, 2.24) is 15.5 Å². The van der Waals surface area contributed by atoms with Crippen LogP contribution in [0.5, 0.6) is 0 Å². The number of nitrogens with zero attached hydrogens (tertiary/aromatic N) is 2. The van der Waals surface area contributed by atoms with Gasteiger partial charge in [0.05, 0.1) is 0 Å². The Morgan fingerprint density at radius 3 is 2.54 bits per heavy atom. The molecule has 2 N–H and O–H groups in total. The average molecular weight is 339 g/mol. The van der Waals surface area contributed by atoms with E-state index in [9.17, 15) is 0 Å². The third kappa shape index (κ3) is 6.25. The van der Waals surface area contributed by atoms with Crippen LogP contribution in [0.1, 0.15) is 51.9 Å². The standard InChI is InChI=1S/C19H38N4O/c1-4-20-18(21-15-17-7-12-23(2)13-8-17)22-16-19(11-14-24-3)9-5-6-10-19/h17H,4-16H2,1-3H3,(H2,20,21,22). The molecule has 1 aliphatic carbocycles. The number of aliphatic imine (C=N–C) groups is 1. The number of guanidine groups is 1. The highest BCUT2D eigenvalue weighted by molar-refractivity contribution is 5.79. The first-order valence-electron chi connectivity index (χ1n) is 9.87. The summed E-state index contributed by atoms with van der Waals surface area (Å²) < 4.78 is 5.33. The zero-order chi connectivity index (χ0) is 17.3. The summed E-state index contributed by atoms with van der Waals surface area (Å²) in [5.74, 6) is 1.78. The summed E-state index contributed by atoms with van der Waals surface area (Å²) in [6.07, 6.45) is 9.02. The van der Waals surface area contributed by atoms with E-state index in [2.05, 4.69) is 29.5 Å². The molecule has 5 heteroatoms. The van der Waals surface area contributed by atoms with Gasteiger partial charge in [-0.2, -0.15) is 0 Å². The van der Waals surface area contributed by atoms with Crippen molar-refractivity contribution >= 4 is 5.96 Å². The molecule has 5 nitrogen and oxygen atoms in total. The molecule has 0 aromatic rings. The first kappa shape index (κ1) is 19.5. The van der Waals surface area contributed by atoms with E-state index in [1.54, 1.807) is 7.11 Å². The van der Waals surface area contributed by atoms with Crippen LogP contribution < -0.4 is 10.6 Å². The highest BCUT2D eigenvalue weighted by Crippen LogP contribution is 2.41. The molecule has 0 bridgehead atoms. The summed E-state index contributed by atoms with van der Waals surface area (Å²) in [5.41, 5.74) is 0.367. The van der Waals surface area contributed by atoms with Gasteiger partial charge in [-0.3, -0.25) is 4.99 Å². The molecule has 2 rings (SSSR count). The van der Waals surface area contributed by atoms with E-state index >= 15 is 0 Å². The predicted octanol–water partition coefficient (Wildman–Crippen LogP) is 2.48. The second kappa shape index (κ2) is 10.2. The summed E-state index contributed by atoms with van der Waals surface area (Å²) in [5, 5.41) is 7.02. The average Bonchev–Trinajstić information content (AvgIpc) is 3.06. The van der Waals surface area contributed by atoms with E-state index in [4.69, 9.17) is 9.73 Å². The molecule has 0 aromatic heterocycles. The van der Waals surface area contributed by atoms with Gasteiger partial charge in [-0.05, 0) is 70.5 Å². The van der Waals surface area contributed by atoms with Gasteiger partial charge >= 0.3 is 0 Å². The van der Waals surface area contributed by atoms with Crippen LogP contribution in [0, 0.1) is 11.3 Å². The van der Waals surface area contributed by atoms with Gasteiger partial charge in [0, 0.05) is 33.4 Å². The van der Waals surface area contributed by atoms with Crippen molar-refractivity contribution in [2.75, 3.05) is 53.5 Å². The van der Waals surface area contributed by atoms with Crippen LogP contribution in [0.25, 0.3) is 0 Å². The molecule has 0 spiro atoms. The molecule has 0 radical (unpaired) electrons. The number of likely N-dealkylation sites (tertiary alicyclic amines) is 1. The van der Waals surface area contributed by atoms with Gasteiger partial charge < -0.3 is 20.3 Å². The minimum Gasteiger partial charge on any atom is -0.385 e. The van der Waals surface area contributed by atoms with Crippen LogP contribution >= 0.6 is 0 Å². The van der Waals surface area contributed by atoms with E-state index in [1.807, 2.05) is 0 Å². The fourth-order valence-electron chi connectivity index (χ4n) is 4.03. The second-order valence-electron chi connectivity index (χ2n) is 7.77. The Bertz CT molecular complexity index is 372. The largest absolute Gasteiger partial charge is 0.385 e. The van der Waals surface area contributed by atoms with Crippen LogP contribution in [0.3, 0.4) is 0 Å². The molecular weight excluding hydrogens is 300 g/mol. The highest BCUT2D eigenvalue weighted by atomic mass is 16.5. The van der Waals surface area contributed by atoms with Crippen molar-refractivity contribution in [3.8, 4) is 0 Å². The number of piperidine rings is 1. The maximum absolute atomic E-state index is 5.33. The number of methoxy groups -OCH3 is 1. The molecule has 140 valence electrons. The minimum atomic E-state index is 0.367. The summed E-state index contributed by atoms with van der Waals surface area (Å²) in [6.45, 7) is 8.34. The summed E-state index contributed by atoms with van der Waals surface area (Å²) in [7, 11) is 4.02. The Kier molecular flexibility index (Phi) is 8.33. The van der Waals surface area contributed by atoms with Crippen molar-refractivity contribution in [3.05, 3.63) is 0 Å². The second-order valence-corrected chi connectivity index (χ2v) is 7.77. The van der Waals surface area contributed by atoms with Gasteiger partial charge in [-0.25, -0.2) is 0 Å². The van der Waals surface area contributed by atoms with E-state index in [0.717, 1.165) is 44.5 Å². The number of ether oxygens (including phenoxy) is 1. The molecular formula is C19H38N4O. The van der Waals surface area contributed by atoms with Crippen molar-refractivity contribution in [1.29, 1.82) is 0 Å². The van der Waals surface area contributed by atoms with Crippen LogP contribution in [-0.4, -0.2) is 64.3 Å². The van der Waals surface area contributed by atoms with E-state index < -0.39 is 0 Å². The van der Waals surface area contributed by atoms with Crippen LogP contribution in [0.15, 0.2) is 4.99 Å². The van der Waals surface area contributed by atoms with Crippen LogP contribution in [0.2, 0.25) is 0 Å². The fourth-order valence-corrected chi connectivity index (χ4v) is 4.03. The monoisotopic (exact) mass is 338 g/mol. The normalized spacial score (nSPS) is 22.7. The summed E-state index contributed by atoms with van der Waals surface area (Å²) in [4.78, 5) is 7.37. The summed E-state index contributed by atoms with van der Waals surface area (Å²) in [6, 6.07) is 0. The number of hydrogen-bond donors (Lipinski definition) is 2.